The molecule has 0 spiro atoms. The monoisotopic (exact) mass is 395 g/mol. The Balaban J connectivity index is 1.99. The topological polar surface area (TPSA) is 49.3 Å². The first-order chi connectivity index (χ1) is 10.9. The van der Waals surface area contributed by atoms with Gasteiger partial charge in [0.15, 0.2) is 0 Å². The van der Waals surface area contributed by atoms with Crippen LogP contribution in [0.25, 0.3) is 0 Å². The third-order valence-electron chi connectivity index (χ3n) is 3.62. The van der Waals surface area contributed by atoms with Gasteiger partial charge in [0, 0.05) is 11.0 Å². The van der Waals surface area contributed by atoms with Gasteiger partial charge in [-0.15, -0.1) is 0 Å². The quantitative estimate of drug-likeness (QED) is 0.770. The molecule has 2 aromatic rings. The standard InChI is InChI=1S/C18H19BrClNO2/c1-11(2)12-3-5-13(6-4-12)17(22)10-21-18(23)15-9-14(19)7-8-16(15)20/h3-9,11,17,22H,10H2,1-2H3,(H,21,23). The third kappa shape index (κ3) is 4.80. The summed E-state index contributed by atoms with van der Waals surface area (Å²) in [4.78, 5) is 12.2. The van der Waals surface area contributed by atoms with Crippen molar-refractivity contribution in [2.45, 2.75) is 25.9 Å². The minimum atomic E-state index is -0.758. The number of nitrogens with one attached hydrogen (secondary N) is 1. The Morgan fingerprint density at radius 2 is 1.78 bits per heavy atom. The molecule has 3 nitrogen and oxygen atoms in total. The fourth-order valence-electron chi connectivity index (χ4n) is 2.18. The summed E-state index contributed by atoms with van der Waals surface area (Å²) in [5.74, 6) is 0.133. The highest BCUT2D eigenvalue weighted by Gasteiger charge is 2.14. The molecule has 0 aromatic heterocycles. The van der Waals surface area contributed by atoms with E-state index in [2.05, 4.69) is 35.1 Å². The van der Waals surface area contributed by atoms with Crippen LogP contribution in [0.5, 0.6) is 0 Å². The highest BCUT2D eigenvalue weighted by atomic mass is 79.9. The number of aliphatic hydroxyl groups is 1. The summed E-state index contributed by atoms with van der Waals surface area (Å²) in [7, 11) is 0. The van der Waals surface area contributed by atoms with Crippen molar-refractivity contribution < 1.29 is 9.90 Å². The number of rotatable bonds is 5. The van der Waals surface area contributed by atoms with E-state index < -0.39 is 6.10 Å². The summed E-state index contributed by atoms with van der Waals surface area (Å²) >= 11 is 9.34. The molecule has 122 valence electrons. The SMILES string of the molecule is CC(C)c1ccc(C(O)CNC(=O)c2cc(Br)ccc2Cl)cc1. The molecule has 2 N–H and O–H groups in total. The van der Waals surface area contributed by atoms with Gasteiger partial charge in [-0.05, 0) is 35.2 Å². The van der Waals surface area contributed by atoms with E-state index in [1.54, 1.807) is 18.2 Å². The van der Waals surface area contributed by atoms with Crippen molar-refractivity contribution in [1.82, 2.24) is 5.32 Å². The predicted molar refractivity (Wildman–Crippen MR) is 97.0 cm³/mol. The smallest absolute Gasteiger partial charge is 0.252 e. The van der Waals surface area contributed by atoms with E-state index in [1.807, 2.05) is 24.3 Å². The molecule has 1 atom stereocenters. The molecule has 0 saturated heterocycles. The van der Waals surface area contributed by atoms with E-state index in [0.717, 1.165) is 10.0 Å². The second-order valence-electron chi connectivity index (χ2n) is 5.67. The summed E-state index contributed by atoms with van der Waals surface area (Å²) in [5.41, 5.74) is 2.37. The lowest BCUT2D eigenvalue weighted by Gasteiger charge is -2.14. The zero-order chi connectivity index (χ0) is 17.0. The Bertz CT molecular complexity index is 686. The van der Waals surface area contributed by atoms with Crippen LogP contribution in [0.4, 0.5) is 0 Å². The molecule has 0 fully saturated rings. The van der Waals surface area contributed by atoms with Crippen LogP contribution in [0, 0.1) is 0 Å². The molecule has 2 rings (SSSR count). The number of aliphatic hydroxyl groups excluding tert-OH is 1. The van der Waals surface area contributed by atoms with Gasteiger partial charge in [0.05, 0.1) is 16.7 Å². The average Bonchev–Trinajstić information content (AvgIpc) is 2.54. The van der Waals surface area contributed by atoms with E-state index in [0.29, 0.717) is 16.5 Å². The maximum absolute atomic E-state index is 12.2. The Labute approximate surface area is 149 Å². The van der Waals surface area contributed by atoms with Gasteiger partial charge in [-0.3, -0.25) is 4.79 Å². The van der Waals surface area contributed by atoms with Crippen molar-refractivity contribution in [3.8, 4) is 0 Å². The Hall–Kier alpha value is -1.36. The first-order valence-corrected chi connectivity index (χ1v) is 8.56. The fourth-order valence-corrected chi connectivity index (χ4v) is 2.74. The lowest BCUT2D eigenvalue weighted by Crippen LogP contribution is -2.28. The number of hydrogen-bond donors (Lipinski definition) is 2. The molecule has 0 heterocycles. The first-order valence-electron chi connectivity index (χ1n) is 7.39. The summed E-state index contributed by atoms with van der Waals surface area (Å²) in [5, 5.41) is 13.3. The molecule has 0 aliphatic heterocycles. The molecular formula is C18H19BrClNO2. The number of halogens is 2. The van der Waals surface area contributed by atoms with E-state index in [4.69, 9.17) is 11.6 Å². The molecule has 1 unspecified atom stereocenters. The number of carbonyl (C=O) groups excluding carboxylic acids is 1. The molecule has 0 aliphatic carbocycles. The van der Waals surface area contributed by atoms with Gasteiger partial charge in [0.2, 0.25) is 0 Å². The summed E-state index contributed by atoms with van der Waals surface area (Å²) in [6, 6.07) is 12.8. The lowest BCUT2D eigenvalue weighted by molar-refractivity contribution is 0.0916. The zero-order valence-electron chi connectivity index (χ0n) is 13.0. The molecule has 2 aromatic carbocycles. The van der Waals surface area contributed by atoms with Crippen LogP contribution in [0.1, 0.15) is 47.4 Å². The van der Waals surface area contributed by atoms with Gasteiger partial charge in [0.1, 0.15) is 0 Å². The fraction of sp³-hybridized carbons (Fsp3) is 0.278. The minimum absolute atomic E-state index is 0.128. The van der Waals surface area contributed by atoms with Crippen LogP contribution in [-0.4, -0.2) is 17.6 Å². The van der Waals surface area contributed by atoms with Gasteiger partial charge in [-0.2, -0.15) is 0 Å². The summed E-state index contributed by atoms with van der Waals surface area (Å²) in [6.45, 7) is 4.36. The van der Waals surface area contributed by atoms with Crippen molar-refractivity contribution in [3.05, 3.63) is 68.7 Å². The largest absolute Gasteiger partial charge is 0.387 e. The van der Waals surface area contributed by atoms with E-state index >= 15 is 0 Å². The summed E-state index contributed by atoms with van der Waals surface area (Å²) in [6.07, 6.45) is -0.758. The van der Waals surface area contributed by atoms with Crippen molar-refractivity contribution in [3.63, 3.8) is 0 Å². The maximum Gasteiger partial charge on any atom is 0.252 e. The van der Waals surface area contributed by atoms with Crippen LogP contribution in [-0.2, 0) is 0 Å². The maximum atomic E-state index is 12.2. The van der Waals surface area contributed by atoms with Crippen LogP contribution in [0.3, 0.4) is 0 Å². The molecule has 5 heteroatoms. The van der Waals surface area contributed by atoms with Crippen LogP contribution < -0.4 is 5.32 Å². The Kier molecular flexibility index (Phi) is 6.22. The van der Waals surface area contributed by atoms with Gasteiger partial charge >= 0.3 is 0 Å². The average molecular weight is 397 g/mol. The Morgan fingerprint density at radius 3 is 2.39 bits per heavy atom. The molecule has 1 amide bonds. The van der Waals surface area contributed by atoms with Crippen LogP contribution in [0.15, 0.2) is 46.9 Å². The van der Waals surface area contributed by atoms with Crippen LogP contribution >= 0.6 is 27.5 Å². The highest BCUT2D eigenvalue weighted by molar-refractivity contribution is 9.10. The van der Waals surface area contributed by atoms with Gasteiger partial charge < -0.3 is 10.4 Å². The van der Waals surface area contributed by atoms with Crippen LogP contribution in [0.2, 0.25) is 5.02 Å². The highest BCUT2D eigenvalue weighted by Crippen LogP contribution is 2.22. The Morgan fingerprint density at radius 1 is 1.17 bits per heavy atom. The number of hydrogen-bond acceptors (Lipinski definition) is 2. The zero-order valence-corrected chi connectivity index (χ0v) is 15.4. The van der Waals surface area contributed by atoms with Gasteiger partial charge in [0.25, 0.3) is 5.91 Å². The second-order valence-corrected chi connectivity index (χ2v) is 6.99. The van der Waals surface area contributed by atoms with Gasteiger partial charge in [-0.1, -0.05) is 65.6 Å². The molecule has 23 heavy (non-hydrogen) atoms. The molecule has 0 saturated carbocycles. The number of amides is 1. The van der Waals surface area contributed by atoms with Crippen molar-refractivity contribution >= 4 is 33.4 Å². The van der Waals surface area contributed by atoms with Crippen molar-refractivity contribution in [2.75, 3.05) is 6.54 Å². The van der Waals surface area contributed by atoms with Crippen molar-refractivity contribution in [1.29, 1.82) is 0 Å². The minimum Gasteiger partial charge on any atom is -0.387 e. The van der Waals surface area contributed by atoms with E-state index in [-0.39, 0.29) is 12.5 Å². The molecule has 0 bridgehead atoms. The number of carbonyl (C=O) groups is 1. The first kappa shape index (κ1) is 18.0. The van der Waals surface area contributed by atoms with E-state index in [1.165, 1.54) is 5.56 Å². The lowest BCUT2D eigenvalue weighted by atomic mass is 10.00. The third-order valence-corrected chi connectivity index (χ3v) is 4.44. The van der Waals surface area contributed by atoms with Crippen molar-refractivity contribution in [2.24, 2.45) is 0 Å². The predicted octanol–water partition coefficient (Wildman–Crippen LogP) is 4.69. The molecular weight excluding hydrogens is 378 g/mol. The second kappa shape index (κ2) is 7.95. The van der Waals surface area contributed by atoms with E-state index in [9.17, 15) is 9.90 Å². The molecule has 0 aliphatic rings. The summed E-state index contributed by atoms with van der Waals surface area (Å²) < 4.78 is 0.775. The van der Waals surface area contributed by atoms with Gasteiger partial charge in [-0.25, -0.2) is 0 Å². The number of benzene rings is 2. The molecule has 0 radical (unpaired) electrons. The normalized spacial score (nSPS) is 12.3.